The van der Waals surface area contributed by atoms with E-state index in [1.54, 1.807) is 0 Å². The molecule has 10 atom stereocenters. The summed E-state index contributed by atoms with van der Waals surface area (Å²) in [7, 11) is 0. The highest BCUT2D eigenvalue weighted by Crippen LogP contribution is 2.44. The molecule has 1 aromatic heterocycles. The molecule has 3 aromatic rings. The summed E-state index contributed by atoms with van der Waals surface area (Å²) >= 11 is 0. The highest BCUT2D eigenvalue weighted by molar-refractivity contribution is 5.89. The molecule has 0 bridgehead atoms. The molecule has 0 aliphatic carbocycles. The van der Waals surface area contributed by atoms with Crippen LogP contribution in [0.25, 0.3) is 22.3 Å². The number of aromatic hydroxyl groups is 3. The normalized spacial score (nSPS) is 33.6. The summed E-state index contributed by atoms with van der Waals surface area (Å²) in [4.78, 5) is 13.0. The maximum Gasteiger partial charge on any atom is 0.197 e. The Labute approximate surface area is 236 Å². The van der Waals surface area contributed by atoms with Crippen molar-refractivity contribution in [3.8, 4) is 28.6 Å². The Morgan fingerprint density at radius 3 is 2.05 bits per heavy atom. The number of phenols is 3. The van der Waals surface area contributed by atoms with Gasteiger partial charge in [0.1, 0.15) is 83.3 Å². The molecule has 2 aliphatic rings. The SMILES string of the molecule is O=c1cc(-c2ccc(O)cc2)oc2c([C@H]3O[C@@H](CO)[C@@H](O[C@H]4O[C@@H](CO)[C@H](O)[C@@H](O)[C@@H]4O)[C@@H](O)[C@@H]3O)c(O)cc(O)c12. The Morgan fingerprint density at radius 1 is 0.738 bits per heavy atom. The van der Waals surface area contributed by atoms with E-state index in [1.165, 1.54) is 24.3 Å². The molecule has 0 spiro atoms. The fourth-order valence-electron chi connectivity index (χ4n) is 5.19. The first kappa shape index (κ1) is 30.1. The molecule has 15 heteroatoms. The topological polar surface area (TPSA) is 260 Å². The summed E-state index contributed by atoms with van der Waals surface area (Å²) in [5, 5.41) is 103. The summed E-state index contributed by atoms with van der Waals surface area (Å²) in [6.45, 7) is -1.60. The Morgan fingerprint density at radius 2 is 1.40 bits per heavy atom. The van der Waals surface area contributed by atoms with Gasteiger partial charge in [0.25, 0.3) is 0 Å². The van der Waals surface area contributed by atoms with Crippen molar-refractivity contribution in [3.63, 3.8) is 0 Å². The van der Waals surface area contributed by atoms with Crippen LogP contribution >= 0.6 is 0 Å². The van der Waals surface area contributed by atoms with Gasteiger partial charge in [-0.25, -0.2) is 0 Å². The molecule has 2 fully saturated rings. The van der Waals surface area contributed by atoms with Crippen molar-refractivity contribution in [1.29, 1.82) is 0 Å². The first-order valence-electron chi connectivity index (χ1n) is 12.9. The number of hydrogen-bond acceptors (Lipinski definition) is 15. The van der Waals surface area contributed by atoms with E-state index in [9.17, 15) is 55.9 Å². The minimum Gasteiger partial charge on any atom is -0.508 e. The molecule has 0 radical (unpaired) electrons. The number of ether oxygens (including phenoxy) is 3. The molecular weight excluding hydrogens is 564 g/mol. The van der Waals surface area contributed by atoms with Crippen LogP contribution in [0.4, 0.5) is 0 Å². The second-order valence-corrected chi connectivity index (χ2v) is 10.1. The number of benzene rings is 2. The third-order valence-corrected chi connectivity index (χ3v) is 7.44. The minimum atomic E-state index is -1.94. The number of aliphatic hydroxyl groups is 7. The van der Waals surface area contributed by atoms with Gasteiger partial charge >= 0.3 is 0 Å². The molecule has 2 aliphatic heterocycles. The van der Waals surface area contributed by atoms with E-state index >= 15 is 0 Å². The number of aliphatic hydroxyl groups excluding tert-OH is 7. The van der Waals surface area contributed by atoms with E-state index in [0.717, 1.165) is 12.1 Å². The monoisotopic (exact) mass is 594 g/mol. The molecule has 0 saturated carbocycles. The van der Waals surface area contributed by atoms with Gasteiger partial charge in [-0.2, -0.15) is 0 Å². The molecule has 228 valence electrons. The molecule has 15 nitrogen and oxygen atoms in total. The standard InChI is InChI=1S/C27H30O15/c28-7-15-19(34)20(35)23(38)27(41-15)42-24-16(8-29)40-26(22(37)21(24)36)18-12(32)5-11(31)17-13(33)6-14(39-25(17)18)9-1-3-10(30)4-2-9/h1-6,15-16,19-24,26-32,34-38H,7-8H2/t15-,16-,19-,20+,21-,22-,23-,24+,26+,27+/m0/s1. The molecule has 5 rings (SSSR count). The van der Waals surface area contributed by atoms with E-state index in [-0.39, 0.29) is 22.5 Å². The maximum atomic E-state index is 13.0. The Kier molecular flexibility index (Phi) is 8.41. The summed E-state index contributed by atoms with van der Waals surface area (Å²) in [6.07, 6.45) is -17.1. The average Bonchev–Trinajstić information content (AvgIpc) is 2.96. The molecule has 42 heavy (non-hydrogen) atoms. The van der Waals surface area contributed by atoms with Crippen LogP contribution in [-0.2, 0) is 14.2 Å². The lowest BCUT2D eigenvalue weighted by molar-refractivity contribution is -0.342. The van der Waals surface area contributed by atoms with Crippen LogP contribution in [0, 0.1) is 0 Å². The molecule has 0 amide bonds. The van der Waals surface area contributed by atoms with Crippen LogP contribution in [0.2, 0.25) is 0 Å². The summed E-state index contributed by atoms with van der Waals surface area (Å²) in [5.41, 5.74) is -1.14. The summed E-state index contributed by atoms with van der Waals surface area (Å²) in [6, 6.07) is 7.46. The number of hydrogen-bond donors (Lipinski definition) is 10. The third kappa shape index (κ3) is 5.20. The fourth-order valence-corrected chi connectivity index (χ4v) is 5.19. The van der Waals surface area contributed by atoms with Crippen LogP contribution in [0.15, 0.2) is 45.6 Å². The van der Waals surface area contributed by atoms with Gasteiger partial charge in [-0.1, -0.05) is 0 Å². The first-order chi connectivity index (χ1) is 20.0. The Balaban J connectivity index is 1.53. The highest BCUT2D eigenvalue weighted by atomic mass is 16.7. The second-order valence-electron chi connectivity index (χ2n) is 10.1. The van der Waals surface area contributed by atoms with Gasteiger partial charge in [-0.3, -0.25) is 4.79 Å². The van der Waals surface area contributed by atoms with Crippen molar-refractivity contribution in [3.05, 3.63) is 52.2 Å². The van der Waals surface area contributed by atoms with E-state index in [1.807, 2.05) is 0 Å². The van der Waals surface area contributed by atoms with Crippen LogP contribution in [-0.4, -0.2) is 119 Å². The van der Waals surface area contributed by atoms with Crippen LogP contribution in [0.3, 0.4) is 0 Å². The van der Waals surface area contributed by atoms with Gasteiger partial charge in [-0.15, -0.1) is 0 Å². The van der Waals surface area contributed by atoms with Crippen molar-refractivity contribution >= 4 is 11.0 Å². The average molecular weight is 595 g/mol. The van der Waals surface area contributed by atoms with E-state index in [2.05, 4.69) is 0 Å². The van der Waals surface area contributed by atoms with Gasteiger partial charge in [0.05, 0.1) is 18.8 Å². The van der Waals surface area contributed by atoms with E-state index in [4.69, 9.17) is 18.6 Å². The fraction of sp³-hybridized carbons (Fsp3) is 0.444. The maximum absolute atomic E-state index is 13.0. The molecule has 0 unspecified atom stereocenters. The molecular formula is C27H30O15. The van der Waals surface area contributed by atoms with Crippen LogP contribution in [0.1, 0.15) is 11.7 Å². The Bertz CT molecular complexity index is 1470. The molecule has 2 aromatic carbocycles. The zero-order valence-electron chi connectivity index (χ0n) is 21.7. The predicted molar refractivity (Wildman–Crippen MR) is 138 cm³/mol. The number of phenolic OH excluding ortho intramolecular Hbond substituents is 3. The predicted octanol–water partition coefficient (Wildman–Crippen LogP) is -2.08. The minimum absolute atomic E-state index is 0.0351. The second kappa shape index (κ2) is 11.7. The van der Waals surface area contributed by atoms with Crippen molar-refractivity contribution in [1.82, 2.24) is 0 Å². The molecule has 10 N–H and O–H groups in total. The third-order valence-electron chi connectivity index (χ3n) is 7.44. The number of rotatable bonds is 6. The van der Waals surface area contributed by atoms with E-state index < -0.39 is 97.0 Å². The van der Waals surface area contributed by atoms with Gasteiger partial charge in [-0.05, 0) is 24.3 Å². The van der Waals surface area contributed by atoms with Gasteiger partial charge in [0.2, 0.25) is 0 Å². The van der Waals surface area contributed by atoms with Crippen LogP contribution in [0.5, 0.6) is 17.2 Å². The van der Waals surface area contributed by atoms with Gasteiger partial charge in [0.15, 0.2) is 17.3 Å². The molecule has 3 heterocycles. The van der Waals surface area contributed by atoms with Crippen molar-refractivity contribution < 1.29 is 69.7 Å². The lowest BCUT2D eigenvalue weighted by atomic mass is 9.89. The number of fused-ring (bicyclic) bond motifs is 1. The smallest absolute Gasteiger partial charge is 0.197 e. The van der Waals surface area contributed by atoms with Crippen molar-refractivity contribution in [2.45, 2.75) is 61.2 Å². The largest absolute Gasteiger partial charge is 0.508 e. The first-order valence-corrected chi connectivity index (χ1v) is 12.9. The lowest BCUT2D eigenvalue weighted by Crippen LogP contribution is -2.63. The Hall–Kier alpha value is -3.35. The quantitative estimate of drug-likeness (QED) is 0.147. The zero-order valence-corrected chi connectivity index (χ0v) is 21.7. The molecule has 2 saturated heterocycles. The van der Waals surface area contributed by atoms with Crippen LogP contribution < -0.4 is 5.43 Å². The highest BCUT2D eigenvalue weighted by Gasteiger charge is 2.51. The van der Waals surface area contributed by atoms with Gasteiger partial charge < -0.3 is 69.7 Å². The van der Waals surface area contributed by atoms with E-state index in [0.29, 0.717) is 5.56 Å². The summed E-state index contributed by atoms with van der Waals surface area (Å²) < 4.78 is 22.5. The lowest BCUT2D eigenvalue weighted by Gasteiger charge is -2.46. The van der Waals surface area contributed by atoms with Gasteiger partial charge in [0, 0.05) is 17.7 Å². The van der Waals surface area contributed by atoms with Crippen molar-refractivity contribution in [2.75, 3.05) is 13.2 Å². The summed E-state index contributed by atoms with van der Waals surface area (Å²) in [5.74, 6) is -1.42. The zero-order chi connectivity index (χ0) is 30.5. The van der Waals surface area contributed by atoms with Crippen molar-refractivity contribution in [2.24, 2.45) is 0 Å².